The third-order valence-corrected chi connectivity index (χ3v) is 4.43. The second-order valence-electron chi connectivity index (χ2n) is 4.69. The van der Waals surface area contributed by atoms with Gasteiger partial charge < -0.3 is 4.74 Å². The molecule has 3 N–H and O–H groups in total. The zero-order valence-electron chi connectivity index (χ0n) is 12.3. The van der Waals surface area contributed by atoms with Crippen molar-refractivity contribution in [3.63, 3.8) is 0 Å². The van der Waals surface area contributed by atoms with Crippen molar-refractivity contribution in [2.45, 2.75) is 39.7 Å². The third kappa shape index (κ3) is 4.67. The molecule has 0 spiro atoms. The highest BCUT2D eigenvalue weighted by Crippen LogP contribution is 2.24. The number of aryl methyl sites for hydroxylation is 1. The van der Waals surface area contributed by atoms with E-state index in [2.05, 4.69) is 24.3 Å². The fourth-order valence-electron chi connectivity index (χ4n) is 2.05. The number of rotatable bonds is 8. The van der Waals surface area contributed by atoms with Crippen LogP contribution in [0, 0.1) is 13.8 Å². The molecule has 0 aliphatic carbocycles. The predicted molar refractivity (Wildman–Crippen MR) is 82.7 cm³/mol. The fourth-order valence-corrected chi connectivity index (χ4v) is 3.00. The Labute approximate surface area is 120 Å². The van der Waals surface area contributed by atoms with Crippen LogP contribution in [0.1, 0.15) is 30.2 Å². The van der Waals surface area contributed by atoms with Crippen LogP contribution >= 0.6 is 11.8 Å². The maximum Gasteiger partial charge on any atom is 0.128 e. The zero-order chi connectivity index (χ0) is 14.3. The van der Waals surface area contributed by atoms with Crippen LogP contribution in [-0.4, -0.2) is 29.6 Å². The minimum atomic E-state index is 0.246. The molecular weight excluding hydrogens is 258 g/mol. The van der Waals surface area contributed by atoms with E-state index in [1.807, 2.05) is 24.9 Å². The second kappa shape index (κ2) is 8.40. The van der Waals surface area contributed by atoms with Crippen LogP contribution < -0.4 is 16.0 Å². The van der Waals surface area contributed by atoms with Crippen molar-refractivity contribution < 1.29 is 4.74 Å². The van der Waals surface area contributed by atoms with Crippen molar-refractivity contribution in [2.24, 2.45) is 5.84 Å². The first-order valence-corrected chi connectivity index (χ1v) is 7.82. The summed E-state index contributed by atoms with van der Waals surface area (Å²) in [5.41, 5.74) is 6.13. The number of nitrogens with two attached hydrogens (primary N) is 1. The number of ether oxygens (including phenoxy) is 1. The molecule has 1 atom stereocenters. The molecule has 0 aliphatic heterocycles. The molecule has 0 aliphatic rings. The van der Waals surface area contributed by atoms with E-state index in [0.717, 1.165) is 34.7 Å². The van der Waals surface area contributed by atoms with Gasteiger partial charge in [0.15, 0.2) is 0 Å². The Morgan fingerprint density at radius 1 is 1.47 bits per heavy atom. The number of nitrogens with zero attached hydrogens (tertiary/aromatic N) is 1. The number of hydrazine groups is 1. The van der Waals surface area contributed by atoms with Gasteiger partial charge in [0.05, 0.1) is 7.11 Å². The molecule has 1 rings (SSSR count). The lowest BCUT2D eigenvalue weighted by atomic mass is 10.1. The SMILES string of the molecule is CCCSCC(Cc1ncc(C)c(OC)c1C)NN. The van der Waals surface area contributed by atoms with E-state index in [9.17, 15) is 0 Å². The number of aromatic nitrogens is 1. The zero-order valence-corrected chi connectivity index (χ0v) is 13.1. The number of thioether (sulfide) groups is 1. The van der Waals surface area contributed by atoms with E-state index >= 15 is 0 Å². The summed E-state index contributed by atoms with van der Waals surface area (Å²) in [6.07, 6.45) is 3.89. The molecule has 0 saturated heterocycles. The van der Waals surface area contributed by atoms with E-state index < -0.39 is 0 Å². The van der Waals surface area contributed by atoms with Crippen LogP contribution in [0.3, 0.4) is 0 Å². The first-order valence-electron chi connectivity index (χ1n) is 6.66. The molecule has 0 amide bonds. The maximum atomic E-state index is 5.63. The molecule has 0 saturated carbocycles. The highest BCUT2D eigenvalue weighted by Gasteiger charge is 2.14. The molecule has 0 fully saturated rings. The molecule has 1 aromatic heterocycles. The largest absolute Gasteiger partial charge is 0.496 e. The van der Waals surface area contributed by atoms with Gasteiger partial charge in [-0.05, 0) is 26.0 Å². The topological polar surface area (TPSA) is 60.2 Å². The van der Waals surface area contributed by atoms with E-state index in [1.54, 1.807) is 7.11 Å². The van der Waals surface area contributed by atoms with E-state index in [1.165, 1.54) is 12.2 Å². The lowest BCUT2D eigenvalue weighted by Gasteiger charge is -2.18. The fraction of sp³-hybridized carbons (Fsp3) is 0.643. The second-order valence-corrected chi connectivity index (χ2v) is 5.84. The number of methoxy groups -OCH3 is 1. The van der Waals surface area contributed by atoms with Gasteiger partial charge in [0.25, 0.3) is 0 Å². The van der Waals surface area contributed by atoms with Crippen molar-refractivity contribution in [3.05, 3.63) is 23.0 Å². The molecule has 19 heavy (non-hydrogen) atoms. The van der Waals surface area contributed by atoms with Crippen LogP contribution in [0.2, 0.25) is 0 Å². The maximum absolute atomic E-state index is 5.63. The van der Waals surface area contributed by atoms with Crippen molar-refractivity contribution in [2.75, 3.05) is 18.6 Å². The average Bonchev–Trinajstić information content (AvgIpc) is 2.41. The van der Waals surface area contributed by atoms with Gasteiger partial charge in [-0.1, -0.05) is 6.92 Å². The molecule has 1 heterocycles. The Morgan fingerprint density at radius 3 is 2.79 bits per heavy atom. The Balaban J connectivity index is 2.74. The molecule has 5 heteroatoms. The molecule has 108 valence electrons. The van der Waals surface area contributed by atoms with Gasteiger partial charge in [-0.15, -0.1) is 0 Å². The van der Waals surface area contributed by atoms with E-state index in [-0.39, 0.29) is 6.04 Å². The summed E-state index contributed by atoms with van der Waals surface area (Å²) in [6.45, 7) is 6.26. The van der Waals surface area contributed by atoms with Crippen molar-refractivity contribution in [1.82, 2.24) is 10.4 Å². The Bertz CT molecular complexity index is 399. The van der Waals surface area contributed by atoms with Crippen LogP contribution in [0.5, 0.6) is 5.75 Å². The van der Waals surface area contributed by atoms with Gasteiger partial charge in [0.2, 0.25) is 0 Å². The first-order chi connectivity index (χ1) is 9.13. The first kappa shape index (κ1) is 16.3. The minimum absolute atomic E-state index is 0.246. The molecule has 1 unspecified atom stereocenters. The molecule has 0 bridgehead atoms. The van der Waals surface area contributed by atoms with Gasteiger partial charge in [0, 0.05) is 41.2 Å². The lowest BCUT2D eigenvalue weighted by Crippen LogP contribution is -2.39. The van der Waals surface area contributed by atoms with Gasteiger partial charge in [-0.25, -0.2) is 0 Å². The summed E-state index contributed by atoms with van der Waals surface area (Å²) in [5.74, 6) is 8.73. The lowest BCUT2D eigenvalue weighted by molar-refractivity contribution is 0.406. The van der Waals surface area contributed by atoms with Crippen molar-refractivity contribution in [1.29, 1.82) is 0 Å². The summed E-state index contributed by atoms with van der Waals surface area (Å²) >= 11 is 1.92. The van der Waals surface area contributed by atoms with Crippen molar-refractivity contribution in [3.8, 4) is 5.75 Å². The number of hydrogen-bond acceptors (Lipinski definition) is 5. The van der Waals surface area contributed by atoms with Gasteiger partial charge in [-0.2, -0.15) is 11.8 Å². The molecule has 0 aromatic carbocycles. The molecular formula is C14H25N3OS. The summed E-state index contributed by atoms with van der Waals surface area (Å²) in [7, 11) is 1.70. The van der Waals surface area contributed by atoms with Gasteiger partial charge >= 0.3 is 0 Å². The van der Waals surface area contributed by atoms with Crippen LogP contribution in [0.25, 0.3) is 0 Å². The average molecular weight is 283 g/mol. The summed E-state index contributed by atoms with van der Waals surface area (Å²) in [6, 6.07) is 0.246. The molecule has 4 nitrogen and oxygen atoms in total. The standard InChI is InChI=1S/C14H25N3OS/c1-5-6-19-9-12(17-15)7-13-11(3)14(18-4)10(2)8-16-13/h8,12,17H,5-7,9,15H2,1-4H3. The third-order valence-electron chi connectivity index (χ3n) is 3.09. The monoisotopic (exact) mass is 283 g/mol. The highest BCUT2D eigenvalue weighted by molar-refractivity contribution is 7.99. The van der Waals surface area contributed by atoms with Gasteiger partial charge in [0.1, 0.15) is 5.75 Å². The summed E-state index contributed by atoms with van der Waals surface area (Å²) in [4.78, 5) is 4.52. The Morgan fingerprint density at radius 2 is 2.21 bits per heavy atom. The van der Waals surface area contributed by atoms with Crippen LogP contribution in [-0.2, 0) is 6.42 Å². The van der Waals surface area contributed by atoms with E-state index in [4.69, 9.17) is 10.6 Å². The quantitative estimate of drug-likeness (QED) is 0.435. The predicted octanol–water partition coefficient (Wildman–Crippen LogP) is 2.22. The van der Waals surface area contributed by atoms with Gasteiger partial charge in [-0.3, -0.25) is 16.3 Å². The van der Waals surface area contributed by atoms with E-state index in [0.29, 0.717) is 0 Å². The summed E-state index contributed by atoms with van der Waals surface area (Å²) in [5, 5.41) is 0. The highest BCUT2D eigenvalue weighted by atomic mass is 32.2. The summed E-state index contributed by atoms with van der Waals surface area (Å²) < 4.78 is 5.43. The Hall–Kier alpha value is -0.780. The van der Waals surface area contributed by atoms with Crippen LogP contribution in [0.15, 0.2) is 6.20 Å². The minimum Gasteiger partial charge on any atom is -0.496 e. The number of nitrogens with one attached hydrogen (secondary N) is 1. The smallest absolute Gasteiger partial charge is 0.128 e. The normalized spacial score (nSPS) is 12.5. The molecule has 1 aromatic rings. The number of hydrogen-bond donors (Lipinski definition) is 2. The molecule has 0 radical (unpaired) electrons. The van der Waals surface area contributed by atoms with Crippen LogP contribution in [0.4, 0.5) is 0 Å². The van der Waals surface area contributed by atoms with Crippen molar-refractivity contribution >= 4 is 11.8 Å². The Kier molecular flexibility index (Phi) is 7.20. The number of pyridine rings is 1.